The van der Waals surface area contributed by atoms with Crippen LogP contribution < -0.4 is 4.90 Å². The van der Waals surface area contributed by atoms with Gasteiger partial charge in [0, 0.05) is 6.54 Å². The van der Waals surface area contributed by atoms with E-state index in [1.165, 1.54) is 24.3 Å². The number of carboxylic acids is 1. The van der Waals surface area contributed by atoms with Gasteiger partial charge in [-0.3, -0.25) is 4.79 Å². The molecule has 0 unspecified atom stereocenters. The van der Waals surface area contributed by atoms with Crippen molar-refractivity contribution in [3.05, 3.63) is 29.8 Å². The minimum atomic E-state index is -1.04. The zero-order chi connectivity index (χ0) is 13.6. The fourth-order valence-electron chi connectivity index (χ4n) is 2.61. The highest BCUT2D eigenvalue weighted by Crippen LogP contribution is 2.31. The Labute approximate surface area is 109 Å². The zero-order valence-corrected chi connectivity index (χ0v) is 10.1. The van der Waals surface area contributed by atoms with Crippen molar-refractivity contribution in [1.29, 1.82) is 0 Å². The highest BCUT2D eigenvalue weighted by Gasteiger charge is 2.47. The molecule has 1 aromatic carbocycles. The molecule has 1 N–H and O–H groups in total. The molecular formula is C13H12N2O4. The highest BCUT2D eigenvalue weighted by atomic mass is 16.4. The number of nitrogens with zero attached hydrogens (tertiary/aromatic N) is 2. The zero-order valence-electron chi connectivity index (χ0n) is 10.1. The SMILES string of the molecule is O=C(O)c1ccc(N2C(=O)[C@H]3CCCN3C2=O)cc1. The molecular weight excluding hydrogens is 248 g/mol. The first-order chi connectivity index (χ1) is 9.09. The fourth-order valence-corrected chi connectivity index (χ4v) is 2.61. The van der Waals surface area contributed by atoms with Crippen LogP contribution in [0.3, 0.4) is 0 Å². The number of imide groups is 1. The number of hydrogen-bond donors (Lipinski definition) is 1. The van der Waals surface area contributed by atoms with Crippen molar-refractivity contribution in [3.63, 3.8) is 0 Å². The monoisotopic (exact) mass is 260 g/mol. The number of urea groups is 1. The largest absolute Gasteiger partial charge is 0.478 e. The van der Waals surface area contributed by atoms with Gasteiger partial charge in [-0.05, 0) is 37.1 Å². The average Bonchev–Trinajstić information content (AvgIpc) is 2.95. The molecule has 3 rings (SSSR count). The second-order valence-corrected chi connectivity index (χ2v) is 4.66. The average molecular weight is 260 g/mol. The van der Waals surface area contributed by atoms with Crippen LogP contribution in [0, 0.1) is 0 Å². The number of benzene rings is 1. The van der Waals surface area contributed by atoms with Gasteiger partial charge in [-0.2, -0.15) is 0 Å². The first-order valence-corrected chi connectivity index (χ1v) is 6.07. The predicted molar refractivity (Wildman–Crippen MR) is 66.0 cm³/mol. The van der Waals surface area contributed by atoms with Crippen LogP contribution in [-0.2, 0) is 4.79 Å². The van der Waals surface area contributed by atoms with E-state index in [1.807, 2.05) is 0 Å². The van der Waals surface area contributed by atoms with Crippen molar-refractivity contribution in [3.8, 4) is 0 Å². The summed E-state index contributed by atoms with van der Waals surface area (Å²) in [5, 5.41) is 8.82. The molecule has 3 amide bonds. The van der Waals surface area contributed by atoms with Gasteiger partial charge >= 0.3 is 12.0 Å². The number of carbonyl (C=O) groups excluding carboxylic acids is 2. The van der Waals surface area contributed by atoms with Gasteiger partial charge in [0.2, 0.25) is 0 Å². The summed E-state index contributed by atoms with van der Waals surface area (Å²) >= 11 is 0. The Bertz CT molecular complexity index is 545. The van der Waals surface area contributed by atoms with Crippen molar-refractivity contribution in [2.45, 2.75) is 18.9 Å². The van der Waals surface area contributed by atoms with E-state index in [2.05, 4.69) is 0 Å². The molecule has 0 bridgehead atoms. The van der Waals surface area contributed by atoms with Crippen LogP contribution in [0.15, 0.2) is 24.3 Å². The Morgan fingerprint density at radius 2 is 1.89 bits per heavy atom. The van der Waals surface area contributed by atoms with E-state index in [1.54, 1.807) is 4.90 Å². The molecule has 2 saturated heterocycles. The molecule has 2 aliphatic heterocycles. The Morgan fingerprint density at radius 3 is 2.47 bits per heavy atom. The van der Waals surface area contributed by atoms with Gasteiger partial charge < -0.3 is 10.0 Å². The standard InChI is InChI=1S/C13H12N2O4/c16-11-10-2-1-7-14(10)13(19)15(11)9-5-3-8(4-6-9)12(17)18/h3-6,10H,1-2,7H2,(H,17,18)/t10-/m1/s1. The van der Waals surface area contributed by atoms with E-state index in [0.717, 1.165) is 11.3 Å². The number of fused-ring (bicyclic) bond motifs is 1. The normalized spacial score (nSPS) is 22.0. The van der Waals surface area contributed by atoms with Crippen LogP contribution in [0.5, 0.6) is 0 Å². The highest BCUT2D eigenvalue weighted by molar-refractivity contribution is 6.21. The van der Waals surface area contributed by atoms with E-state index in [4.69, 9.17) is 5.11 Å². The second-order valence-electron chi connectivity index (χ2n) is 4.66. The lowest BCUT2D eigenvalue weighted by Crippen LogP contribution is -2.33. The van der Waals surface area contributed by atoms with Crippen molar-refractivity contribution in [2.75, 3.05) is 11.4 Å². The number of aromatic carboxylic acids is 1. The molecule has 2 aliphatic rings. The number of carbonyl (C=O) groups is 3. The molecule has 0 saturated carbocycles. The van der Waals surface area contributed by atoms with Gasteiger partial charge in [-0.15, -0.1) is 0 Å². The maximum Gasteiger partial charge on any atom is 0.335 e. The minimum absolute atomic E-state index is 0.128. The summed E-state index contributed by atoms with van der Waals surface area (Å²) in [7, 11) is 0. The summed E-state index contributed by atoms with van der Waals surface area (Å²) in [6.07, 6.45) is 1.56. The molecule has 0 aliphatic carbocycles. The van der Waals surface area contributed by atoms with Crippen molar-refractivity contribution < 1.29 is 19.5 Å². The quantitative estimate of drug-likeness (QED) is 0.813. The van der Waals surface area contributed by atoms with Gasteiger partial charge in [0.1, 0.15) is 6.04 Å². The van der Waals surface area contributed by atoms with E-state index in [9.17, 15) is 14.4 Å². The fraction of sp³-hybridized carbons (Fsp3) is 0.308. The van der Waals surface area contributed by atoms with Crippen LogP contribution in [0.2, 0.25) is 0 Å². The van der Waals surface area contributed by atoms with Gasteiger partial charge in [0.05, 0.1) is 11.3 Å². The number of rotatable bonds is 2. The molecule has 19 heavy (non-hydrogen) atoms. The van der Waals surface area contributed by atoms with Gasteiger partial charge in [-0.1, -0.05) is 0 Å². The lowest BCUT2D eigenvalue weighted by atomic mass is 10.2. The first-order valence-electron chi connectivity index (χ1n) is 6.07. The number of hydrogen-bond acceptors (Lipinski definition) is 3. The summed E-state index contributed by atoms with van der Waals surface area (Å²) in [5.41, 5.74) is 0.553. The van der Waals surface area contributed by atoms with Crippen LogP contribution in [0.1, 0.15) is 23.2 Å². The Kier molecular flexibility index (Phi) is 2.51. The van der Waals surface area contributed by atoms with E-state index in [-0.39, 0.29) is 23.5 Å². The predicted octanol–water partition coefficient (Wildman–Crippen LogP) is 1.32. The molecule has 2 heterocycles. The third-order valence-corrected chi connectivity index (χ3v) is 3.57. The Hall–Kier alpha value is -2.37. The summed E-state index contributed by atoms with van der Waals surface area (Å²) in [6.45, 7) is 0.610. The number of amides is 3. The van der Waals surface area contributed by atoms with Crippen LogP contribution >= 0.6 is 0 Å². The summed E-state index contributed by atoms with van der Waals surface area (Å²) in [4.78, 5) is 37.8. The molecule has 0 spiro atoms. The molecule has 6 nitrogen and oxygen atoms in total. The first kappa shape index (κ1) is 11.7. The van der Waals surface area contributed by atoms with Crippen molar-refractivity contribution in [2.24, 2.45) is 0 Å². The maximum atomic E-state index is 12.2. The Morgan fingerprint density at radius 1 is 1.21 bits per heavy atom. The van der Waals surface area contributed by atoms with Crippen LogP contribution in [0.25, 0.3) is 0 Å². The molecule has 0 radical (unpaired) electrons. The van der Waals surface area contributed by atoms with E-state index in [0.29, 0.717) is 18.7 Å². The maximum absolute atomic E-state index is 12.2. The van der Waals surface area contributed by atoms with E-state index >= 15 is 0 Å². The molecule has 98 valence electrons. The van der Waals surface area contributed by atoms with Crippen LogP contribution in [0.4, 0.5) is 10.5 Å². The smallest absolute Gasteiger partial charge is 0.335 e. The van der Waals surface area contributed by atoms with Gasteiger partial charge in [0.25, 0.3) is 5.91 Å². The topological polar surface area (TPSA) is 77.9 Å². The second kappa shape index (κ2) is 4.08. The summed E-state index contributed by atoms with van der Waals surface area (Å²) < 4.78 is 0. The number of anilines is 1. The van der Waals surface area contributed by atoms with E-state index < -0.39 is 5.97 Å². The lowest BCUT2D eigenvalue weighted by Gasteiger charge is -2.15. The van der Waals surface area contributed by atoms with Crippen LogP contribution in [-0.4, -0.2) is 40.5 Å². The third-order valence-electron chi connectivity index (χ3n) is 3.57. The van der Waals surface area contributed by atoms with Gasteiger partial charge in [-0.25, -0.2) is 14.5 Å². The third kappa shape index (κ3) is 1.68. The minimum Gasteiger partial charge on any atom is -0.478 e. The summed E-state index contributed by atoms with van der Waals surface area (Å²) in [5.74, 6) is -1.25. The molecule has 6 heteroatoms. The lowest BCUT2D eigenvalue weighted by molar-refractivity contribution is -0.119. The Balaban J connectivity index is 1.92. The number of carboxylic acid groups (broad SMARTS) is 1. The molecule has 1 aromatic rings. The molecule has 0 aromatic heterocycles. The molecule has 1 atom stereocenters. The molecule has 2 fully saturated rings. The summed E-state index contributed by atoms with van der Waals surface area (Å²) in [6, 6.07) is 5.11. The van der Waals surface area contributed by atoms with Crippen molar-refractivity contribution in [1.82, 2.24) is 4.90 Å². The van der Waals surface area contributed by atoms with Gasteiger partial charge in [0.15, 0.2) is 0 Å². The van der Waals surface area contributed by atoms with Crippen molar-refractivity contribution >= 4 is 23.6 Å².